The van der Waals surface area contributed by atoms with Crippen molar-refractivity contribution in [3.8, 4) is 0 Å². The summed E-state index contributed by atoms with van der Waals surface area (Å²) in [4.78, 5) is 4.73. The van der Waals surface area contributed by atoms with Crippen molar-refractivity contribution >= 4 is 27.7 Å². The Bertz CT molecular complexity index is 338. The summed E-state index contributed by atoms with van der Waals surface area (Å²) in [6.07, 6.45) is 9.37. The second-order valence-corrected chi connectivity index (χ2v) is 8.12. The van der Waals surface area contributed by atoms with E-state index < -0.39 is 10.8 Å². The van der Waals surface area contributed by atoms with Crippen LogP contribution in [0.3, 0.4) is 0 Å². The molecule has 2 fully saturated rings. The van der Waals surface area contributed by atoms with Gasteiger partial charge in [0, 0.05) is 34.1 Å². The number of aliphatic imine (C=N–C) groups is 1. The van der Waals surface area contributed by atoms with Gasteiger partial charge in [-0.25, -0.2) is 0 Å². The van der Waals surface area contributed by atoms with Gasteiger partial charge in [0.25, 0.3) is 0 Å². The van der Waals surface area contributed by atoms with Crippen molar-refractivity contribution < 1.29 is 4.21 Å². The minimum atomic E-state index is -0.697. The smallest absolute Gasteiger partial charge is 0.157 e. The molecule has 5 heteroatoms. The van der Waals surface area contributed by atoms with Crippen LogP contribution in [-0.4, -0.2) is 38.7 Å². The lowest BCUT2D eigenvalue weighted by Crippen LogP contribution is -2.45. The molecule has 2 aliphatic rings. The molecule has 1 heterocycles. The molecule has 3 nitrogen and oxygen atoms in total. The molecule has 0 amide bonds. The monoisotopic (exact) mass is 288 g/mol. The Hall–Kier alpha value is -0.0300. The summed E-state index contributed by atoms with van der Waals surface area (Å²) in [5, 5.41) is 4.78. The molecule has 2 atom stereocenters. The van der Waals surface area contributed by atoms with E-state index in [2.05, 4.69) is 12.2 Å². The molecule has 2 rings (SSSR count). The fourth-order valence-corrected chi connectivity index (χ4v) is 4.66. The van der Waals surface area contributed by atoms with Crippen LogP contribution in [0.5, 0.6) is 0 Å². The second kappa shape index (κ2) is 6.42. The third kappa shape index (κ3) is 3.98. The molecule has 0 radical (unpaired) electrons. The Morgan fingerprint density at radius 1 is 1.44 bits per heavy atom. The maximum absolute atomic E-state index is 11.1. The summed E-state index contributed by atoms with van der Waals surface area (Å²) in [7, 11) is -0.697. The third-order valence-electron chi connectivity index (χ3n) is 3.83. The number of rotatable bonds is 4. The number of nitrogens with one attached hydrogen (secondary N) is 1. The van der Waals surface area contributed by atoms with Crippen molar-refractivity contribution in [2.24, 2.45) is 4.99 Å². The first kappa shape index (κ1) is 14.4. The van der Waals surface area contributed by atoms with E-state index in [-0.39, 0.29) is 6.04 Å². The first-order valence-corrected chi connectivity index (χ1v) is 9.60. The molecule has 1 N–H and O–H groups in total. The van der Waals surface area contributed by atoms with Crippen LogP contribution in [0.2, 0.25) is 0 Å². The second-order valence-electron chi connectivity index (χ2n) is 5.60. The van der Waals surface area contributed by atoms with E-state index in [0.717, 1.165) is 17.3 Å². The normalized spacial score (nSPS) is 28.2. The van der Waals surface area contributed by atoms with Gasteiger partial charge in [-0.3, -0.25) is 9.20 Å². The zero-order chi connectivity index (χ0) is 13.0. The Balaban J connectivity index is 1.85. The van der Waals surface area contributed by atoms with Gasteiger partial charge in [-0.15, -0.1) is 0 Å². The molecule has 1 saturated carbocycles. The molecular weight excluding hydrogens is 264 g/mol. The fraction of sp³-hybridized carbons (Fsp3) is 0.923. The van der Waals surface area contributed by atoms with Crippen LogP contribution in [0.15, 0.2) is 4.99 Å². The zero-order valence-corrected chi connectivity index (χ0v) is 13.0. The molecule has 2 unspecified atom stereocenters. The SMILES string of the molecule is CC(CCS(C)=O)N=C1NC2(CCCCC2)CS1. The quantitative estimate of drug-likeness (QED) is 0.864. The van der Waals surface area contributed by atoms with Crippen LogP contribution < -0.4 is 5.32 Å². The Morgan fingerprint density at radius 2 is 2.17 bits per heavy atom. The molecular formula is C13H24N2OS2. The zero-order valence-electron chi connectivity index (χ0n) is 11.4. The highest BCUT2D eigenvalue weighted by atomic mass is 32.2. The van der Waals surface area contributed by atoms with Crippen molar-refractivity contribution in [3.63, 3.8) is 0 Å². The number of amidine groups is 1. The van der Waals surface area contributed by atoms with Gasteiger partial charge in [-0.1, -0.05) is 31.0 Å². The lowest BCUT2D eigenvalue weighted by molar-refractivity contribution is 0.303. The van der Waals surface area contributed by atoms with Gasteiger partial charge in [0.15, 0.2) is 5.17 Å². The van der Waals surface area contributed by atoms with E-state index >= 15 is 0 Å². The summed E-state index contributed by atoms with van der Waals surface area (Å²) in [6.45, 7) is 2.12. The van der Waals surface area contributed by atoms with Crippen LogP contribution in [0.4, 0.5) is 0 Å². The molecule has 18 heavy (non-hydrogen) atoms. The van der Waals surface area contributed by atoms with Gasteiger partial charge in [-0.05, 0) is 26.2 Å². The van der Waals surface area contributed by atoms with E-state index in [9.17, 15) is 4.21 Å². The maximum atomic E-state index is 11.1. The highest BCUT2D eigenvalue weighted by Gasteiger charge is 2.38. The number of thioether (sulfide) groups is 1. The summed E-state index contributed by atoms with van der Waals surface area (Å²) in [5.74, 6) is 1.94. The molecule has 1 aliphatic carbocycles. The average Bonchev–Trinajstić information content (AvgIpc) is 2.70. The Labute approximate surface area is 117 Å². The van der Waals surface area contributed by atoms with Crippen molar-refractivity contribution in [2.45, 2.75) is 57.0 Å². The summed E-state index contributed by atoms with van der Waals surface area (Å²) >= 11 is 1.87. The standard InChI is InChI=1S/C13H24N2OS2/c1-11(6-9-18(2)16)14-12-15-13(10-17-12)7-4-3-5-8-13/h11H,3-10H2,1-2H3,(H,14,15). The Morgan fingerprint density at radius 3 is 2.83 bits per heavy atom. The van der Waals surface area contributed by atoms with Crippen LogP contribution >= 0.6 is 11.8 Å². The predicted molar refractivity (Wildman–Crippen MR) is 81.9 cm³/mol. The van der Waals surface area contributed by atoms with Gasteiger partial charge in [-0.2, -0.15) is 0 Å². The topological polar surface area (TPSA) is 41.5 Å². The molecule has 0 aromatic rings. The molecule has 1 aliphatic heterocycles. The average molecular weight is 288 g/mol. The summed E-state index contributed by atoms with van der Waals surface area (Å²) < 4.78 is 11.1. The van der Waals surface area contributed by atoms with Crippen molar-refractivity contribution in [1.29, 1.82) is 0 Å². The van der Waals surface area contributed by atoms with Gasteiger partial charge >= 0.3 is 0 Å². The molecule has 0 bridgehead atoms. The maximum Gasteiger partial charge on any atom is 0.157 e. The first-order chi connectivity index (χ1) is 8.60. The van der Waals surface area contributed by atoms with Crippen LogP contribution in [0.25, 0.3) is 0 Å². The van der Waals surface area contributed by atoms with Crippen LogP contribution in [0, 0.1) is 0 Å². The van der Waals surface area contributed by atoms with Crippen LogP contribution in [-0.2, 0) is 10.8 Å². The third-order valence-corrected chi connectivity index (χ3v) is 5.82. The van der Waals surface area contributed by atoms with E-state index in [1.807, 2.05) is 11.8 Å². The number of hydrogen-bond acceptors (Lipinski definition) is 3. The van der Waals surface area contributed by atoms with E-state index in [1.165, 1.54) is 37.9 Å². The number of nitrogens with zero attached hydrogens (tertiary/aromatic N) is 1. The van der Waals surface area contributed by atoms with Crippen LogP contribution in [0.1, 0.15) is 45.4 Å². The molecule has 0 aromatic carbocycles. The lowest BCUT2D eigenvalue weighted by Gasteiger charge is -2.32. The van der Waals surface area contributed by atoms with Gasteiger partial charge in [0.2, 0.25) is 0 Å². The molecule has 1 spiro atoms. The van der Waals surface area contributed by atoms with Gasteiger partial charge in [0.1, 0.15) is 0 Å². The summed E-state index contributed by atoms with van der Waals surface area (Å²) in [5.41, 5.74) is 0.342. The largest absolute Gasteiger partial charge is 0.359 e. The minimum absolute atomic E-state index is 0.280. The highest BCUT2D eigenvalue weighted by molar-refractivity contribution is 8.14. The fourth-order valence-electron chi connectivity index (χ4n) is 2.67. The Kier molecular flexibility index (Phi) is 5.13. The van der Waals surface area contributed by atoms with Crippen molar-refractivity contribution in [3.05, 3.63) is 0 Å². The van der Waals surface area contributed by atoms with Gasteiger partial charge in [0.05, 0.1) is 6.04 Å². The highest BCUT2D eigenvalue weighted by Crippen LogP contribution is 2.36. The van der Waals surface area contributed by atoms with E-state index in [1.54, 1.807) is 6.26 Å². The van der Waals surface area contributed by atoms with E-state index in [0.29, 0.717) is 5.54 Å². The molecule has 0 aromatic heterocycles. The minimum Gasteiger partial charge on any atom is -0.359 e. The molecule has 1 saturated heterocycles. The number of hydrogen-bond donors (Lipinski definition) is 1. The lowest BCUT2D eigenvalue weighted by atomic mass is 9.83. The molecule has 104 valence electrons. The van der Waals surface area contributed by atoms with E-state index in [4.69, 9.17) is 4.99 Å². The first-order valence-electron chi connectivity index (χ1n) is 6.88. The van der Waals surface area contributed by atoms with Gasteiger partial charge < -0.3 is 5.32 Å². The summed E-state index contributed by atoms with van der Waals surface area (Å²) in [6, 6.07) is 0.280. The predicted octanol–water partition coefficient (Wildman–Crippen LogP) is 2.54. The van der Waals surface area contributed by atoms with Crippen molar-refractivity contribution in [1.82, 2.24) is 5.32 Å². The van der Waals surface area contributed by atoms with Crippen molar-refractivity contribution in [2.75, 3.05) is 17.8 Å².